The van der Waals surface area contributed by atoms with E-state index in [1.807, 2.05) is 18.2 Å². The van der Waals surface area contributed by atoms with Gasteiger partial charge in [0.1, 0.15) is 37.1 Å². The number of hydrogen-bond acceptors (Lipinski definition) is 23. The highest BCUT2D eigenvalue weighted by molar-refractivity contribution is 6.13. The van der Waals surface area contributed by atoms with Gasteiger partial charge in [0.15, 0.2) is 0 Å². The lowest BCUT2D eigenvalue weighted by Gasteiger charge is -2.29. The van der Waals surface area contributed by atoms with Crippen molar-refractivity contribution >= 4 is 88.6 Å². The number of fused-ring (bicyclic) bond motifs is 1. The standard InChI is InChI=1S/C76H101N13O23/c1-50(2)68(86-65(92)22-27-88-66(93)20-21-67(88)94)72(98)85-61(5-4-24-80-74(77)100)70(96)83-57-12-11-54(60(44-57)69(95)79-26-25-78-63(90)23-28-104-31-32-106-35-36-108-39-40-110-42-41-109-38-37-107-34-33-105-30-29-103-3)49-112-76(102)82-45-51-6-8-52(9-7-51)48-111-58-15-13-56(14-16-58)84-75(101)81-46-53-10-17-59-55(43-53)47-89(73(59)99)62-18-19-64(91)87-71(62)97/h6-17,20-21,43-44,50,61-62,68H,4-5,18-19,22-42,45-49H2,1-3H3,(H,78,90)(H,79,95)(H,82,102)(H,83,96)(H,85,98)(H,86,92)(H3,77,80,100)(H2,81,84,101)(H,87,91,97)/t61-,62?,68-/m0/s1. The Bertz CT molecular complexity index is 3830. The molecule has 0 radical (unpaired) electrons. The fourth-order valence-corrected chi connectivity index (χ4v) is 11.2. The third-order valence-electron chi connectivity index (χ3n) is 17.2. The number of nitrogens with zero attached hydrogens (tertiary/aromatic N) is 2. The fraction of sp³-hybridized carbons (Fsp3) is 0.487. The molecule has 0 spiro atoms. The number of methoxy groups -OCH3 is 1. The van der Waals surface area contributed by atoms with Crippen LogP contribution < -0.4 is 63.6 Å². The van der Waals surface area contributed by atoms with Crippen LogP contribution in [0.1, 0.15) is 101 Å². The normalized spacial score (nSPS) is 14.2. The molecular formula is C76H101N13O23. The predicted octanol–water partition coefficient (Wildman–Crippen LogP) is 2.10. The molecule has 3 heterocycles. The number of imide groups is 2. The molecule has 4 aromatic rings. The van der Waals surface area contributed by atoms with E-state index in [4.69, 9.17) is 53.1 Å². The minimum atomic E-state index is -1.29. The van der Waals surface area contributed by atoms with Crippen LogP contribution in [0, 0.1) is 5.92 Å². The van der Waals surface area contributed by atoms with Crippen molar-refractivity contribution in [2.45, 2.75) is 103 Å². The maximum Gasteiger partial charge on any atom is 0.407 e. The van der Waals surface area contributed by atoms with Crippen LogP contribution in [0.15, 0.2) is 97.1 Å². The third kappa shape index (κ3) is 31.8. The molecule has 1 saturated heterocycles. The van der Waals surface area contributed by atoms with Crippen molar-refractivity contribution in [2.24, 2.45) is 11.7 Å². The van der Waals surface area contributed by atoms with Crippen molar-refractivity contribution in [2.75, 3.05) is 143 Å². The summed E-state index contributed by atoms with van der Waals surface area (Å²) in [7, 11) is 1.61. The van der Waals surface area contributed by atoms with E-state index in [1.165, 1.54) is 23.1 Å². The van der Waals surface area contributed by atoms with Crippen LogP contribution in [0.2, 0.25) is 0 Å². The zero-order valence-corrected chi connectivity index (χ0v) is 63.1. The van der Waals surface area contributed by atoms with Gasteiger partial charge in [-0.2, -0.15) is 0 Å². The molecule has 3 aliphatic rings. The molecule has 0 aliphatic carbocycles. The topological polar surface area (TPSA) is 467 Å². The molecule has 3 atom stereocenters. The highest BCUT2D eigenvalue weighted by atomic mass is 16.6. The van der Waals surface area contributed by atoms with Crippen molar-refractivity contribution in [3.8, 4) is 5.75 Å². The summed E-state index contributed by atoms with van der Waals surface area (Å²) >= 11 is 0. The van der Waals surface area contributed by atoms with Gasteiger partial charge >= 0.3 is 18.2 Å². The first-order valence-corrected chi connectivity index (χ1v) is 36.9. The van der Waals surface area contributed by atoms with Gasteiger partial charge in [-0.25, -0.2) is 14.4 Å². The van der Waals surface area contributed by atoms with E-state index in [0.717, 1.165) is 33.7 Å². The van der Waals surface area contributed by atoms with E-state index in [2.05, 4.69) is 53.2 Å². The van der Waals surface area contributed by atoms with Gasteiger partial charge in [-0.3, -0.25) is 58.2 Å². The van der Waals surface area contributed by atoms with Crippen molar-refractivity contribution in [1.29, 1.82) is 0 Å². The quantitative estimate of drug-likeness (QED) is 0.0223. The highest BCUT2D eigenvalue weighted by Gasteiger charge is 2.39. The van der Waals surface area contributed by atoms with Gasteiger partial charge in [0, 0.05) is 112 Å². The monoisotopic (exact) mass is 1560 g/mol. The first kappa shape index (κ1) is 88.2. The van der Waals surface area contributed by atoms with Gasteiger partial charge in [-0.1, -0.05) is 56.3 Å². The SMILES string of the molecule is COCCOCCOCCOCCOCCOCCOCCOCCC(=O)NCCNC(=O)c1cc(NC(=O)[C@H](CCCNC(N)=O)NC(=O)[C@@H](NC(=O)CCN2C(=O)C=CC2=O)C(C)C)ccc1COC(=O)NCc1ccc(COc2ccc(NC(=O)NCc3ccc4c(c3)CN(C3CCC(=O)NC3=O)C4=O)cc2)cc1. The highest BCUT2D eigenvalue weighted by Crippen LogP contribution is 2.29. The fourth-order valence-electron chi connectivity index (χ4n) is 11.2. The van der Waals surface area contributed by atoms with E-state index < -0.39 is 90.2 Å². The molecule has 1 fully saturated rings. The van der Waals surface area contributed by atoms with Crippen molar-refractivity contribution in [3.05, 3.63) is 136 Å². The second-order valence-electron chi connectivity index (χ2n) is 25.9. The van der Waals surface area contributed by atoms with Crippen LogP contribution in [0.4, 0.5) is 25.8 Å². The average Bonchev–Trinajstić information content (AvgIpc) is 1.63. The van der Waals surface area contributed by atoms with E-state index in [1.54, 1.807) is 69.5 Å². The Labute approximate surface area is 647 Å². The number of hydrogen-bond donors (Lipinski definition) is 11. The molecule has 0 bridgehead atoms. The molecule has 4 aromatic carbocycles. The van der Waals surface area contributed by atoms with Crippen molar-refractivity contribution in [1.82, 2.24) is 52.3 Å². The number of piperidine rings is 1. The molecule has 112 heavy (non-hydrogen) atoms. The van der Waals surface area contributed by atoms with Crippen LogP contribution in [0.5, 0.6) is 5.75 Å². The lowest BCUT2D eigenvalue weighted by Crippen LogP contribution is -2.54. The summed E-state index contributed by atoms with van der Waals surface area (Å²) < 4.78 is 54.8. The van der Waals surface area contributed by atoms with E-state index in [9.17, 15) is 62.3 Å². The number of carbonyl (C=O) groups excluding carboxylic acids is 13. The molecule has 608 valence electrons. The zero-order chi connectivity index (χ0) is 80.4. The zero-order valence-electron chi connectivity index (χ0n) is 63.1. The van der Waals surface area contributed by atoms with Gasteiger partial charge in [0.2, 0.25) is 35.4 Å². The summed E-state index contributed by atoms with van der Waals surface area (Å²) in [4.78, 5) is 169. The molecule has 12 N–H and O–H groups in total. The maximum atomic E-state index is 14.2. The molecular weight excluding hydrogens is 1460 g/mol. The summed E-state index contributed by atoms with van der Waals surface area (Å²) in [6, 6.07) is 18.9. The van der Waals surface area contributed by atoms with E-state index in [0.29, 0.717) is 102 Å². The number of benzene rings is 4. The van der Waals surface area contributed by atoms with Gasteiger partial charge in [-0.15, -0.1) is 0 Å². The molecule has 0 saturated carbocycles. The number of rotatable bonds is 52. The summed E-state index contributed by atoms with van der Waals surface area (Å²) in [5.74, 6) is -5.48. The van der Waals surface area contributed by atoms with Gasteiger partial charge in [0.25, 0.3) is 23.6 Å². The number of ether oxygens (including phenoxy) is 10. The maximum absolute atomic E-state index is 14.2. The Morgan fingerprint density at radius 3 is 1.78 bits per heavy atom. The van der Waals surface area contributed by atoms with Crippen LogP contribution in [0.3, 0.4) is 0 Å². The number of nitrogens with one attached hydrogen (secondary N) is 10. The summed E-state index contributed by atoms with van der Waals surface area (Å²) in [5, 5.41) is 26.5. The van der Waals surface area contributed by atoms with Crippen LogP contribution in [-0.4, -0.2) is 238 Å². The smallest absolute Gasteiger partial charge is 0.407 e. The molecule has 36 heteroatoms. The molecule has 15 amide bonds. The Balaban J connectivity index is 0.850. The van der Waals surface area contributed by atoms with Gasteiger partial charge in [0.05, 0.1) is 99.1 Å². The summed E-state index contributed by atoms with van der Waals surface area (Å²) in [5.41, 5.74) is 9.46. The second kappa shape index (κ2) is 48.6. The molecule has 36 nitrogen and oxygen atoms in total. The van der Waals surface area contributed by atoms with Gasteiger partial charge in [-0.05, 0) is 89.9 Å². The number of amides is 15. The Hall–Kier alpha value is -11.0. The van der Waals surface area contributed by atoms with Crippen LogP contribution in [0.25, 0.3) is 0 Å². The first-order valence-electron chi connectivity index (χ1n) is 36.9. The lowest BCUT2D eigenvalue weighted by atomic mass is 10.0. The molecule has 0 aromatic heterocycles. The van der Waals surface area contributed by atoms with E-state index >= 15 is 0 Å². The largest absolute Gasteiger partial charge is 0.489 e. The number of alkyl carbamates (subject to hydrolysis) is 1. The lowest BCUT2D eigenvalue weighted by molar-refractivity contribution is -0.139. The van der Waals surface area contributed by atoms with Crippen molar-refractivity contribution < 1.29 is 110 Å². The minimum absolute atomic E-state index is 0.00884. The molecule has 7 rings (SSSR count). The summed E-state index contributed by atoms with van der Waals surface area (Å²) in [6.07, 6.45) is 1.54. The Kier molecular flexibility index (Phi) is 38.3. The average molecular weight is 1560 g/mol. The van der Waals surface area contributed by atoms with Gasteiger partial charge < -0.3 is 106 Å². The molecule has 1 unspecified atom stereocenters. The first-order chi connectivity index (χ1) is 54.1. The van der Waals surface area contributed by atoms with Crippen LogP contribution >= 0.6 is 0 Å². The minimum Gasteiger partial charge on any atom is -0.489 e. The predicted molar refractivity (Wildman–Crippen MR) is 401 cm³/mol. The Morgan fingerprint density at radius 1 is 0.571 bits per heavy atom. The second-order valence-corrected chi connectivity index (χ2v) is 25.9. The number of primary amides is 1. The molecule has 3 aliphatic heterocycles. The van der Waals surface area contributed by atoms with Crippen molar-refractivity contribution in [3.63, 3.8) is 0 Å². The Morgan fingerprint density at radius 2 is 1.16 bits per heavy atom. The number of carbonyl (C=O) groups is 13. The number of nitrogens with two attached hydrogens (primary N) is 1. The number of urea groups is 2. The third-order valence-corrected chi connectivity index (χ3v) is 17.2. The van der Waals surface area contributed by atoms with E-state index in [-0.39, 0.29) is 145 Å². The number of anilines is 2. The van der Waals surface area contributed by atoms with Crippen LogP contribution in [-0.2, 0) is 114 Å². The summed E-state index contributed by atoms with van der Waals surface area (Å²) in [6.45, 7) is 9.10.